The highest BCUT2D eigenvalue weighted by atomic mass is 19.2. The molecule has 0 amide bonds. The van der Waals surface area contributed by atoms with Gasteiger partial charge in [0, 0.05) is 6.54 Å². The van der Waals surface area contributed by atoms with Crippen LogP contribution in [0.5, 0.6) is 5.75 Å². The Labute approximate surface area is 107 Å². The van der Waals surface area contributed by atoms with E-state index < -0.39 is 11.6 Å². The Bertz CT molecular complexity index is 369. The lowest BCUT2D eigenvalue weighted by Gasteiger charge is -2.19. The standard InChI is InChI=1S/C14H21F2NO/c1-4-11(9-17-8-10(2)3)18-13-7-5-6-12(15)14(13)16/h5-7,10-11,17H,4,8-9H2,1-3H3. The topological polar surface area (TPSA) is 21.3 Å². The van der Waals surface area contributed by atoms with Gasteiger partial charge in [0.25, 0.3) is 0 Å². The number of benzene rings is 1. The summed E-state index contributed by atoms with van der Waals surface area (Å²) in [6.45, 7) is 7.69. The van der Waals surface area contributed by atoms with E-state index in [0.29, 0.717) is 12.5 Å². The van der Waals surface area contributed by atoms with Crippen molar-refractivity contribution in [1.82, 2.24) is 5.32 Å². The van der Waals surface area contributed by atoms with Crippen molar-refractivity contribution in [3.05, 3.63) is 29.8 Å². The van der Waals surface area contributed by atoms with Gasteiger partial charge in [0.15, 0.2) is 11.6 Å². The Morgan fingerprint density at radius 3 is 2.56 bits per heavy atom. The van der Waals surface area contributed by atoms with Crippen molar-refractivity contribution in [2.45, 2.75) is 33.3 Å². The quantitative estimate of drug-likeness (QED) is 0.808. The summed E-state index contributed by atoms with van der Waals surface area (Å²) >= 11 is 0. The van der Waals surface area contributed by atoms with Crippen molar-refractivity contribution >= 4 is 0 Å². The third-order valence-corrected chi connectivity index (χ3v) is 2.59. The molecule has 2 nitrogen and oxygen atoms in total. The normalized spacial score (nSPS) is 12.8. The summed E-state index contributed by atoms with van der Waals surface area (Å²) < 4.78 is 31.9. The largest absolute Gasteiger partial charge is 0.486 e. The maximum absolute atomic E-state index is 13.4. The minimum absolute atomic E-state index is 0.0202. The Morgan fingerprint density at radius 1 is 1.22 bits per heavy atom. The van der Waals surface area contributed by atoms with Crippen LogP contribution in [-0.2, 0) is 0 Å². The molecule has 0 fully saturated rings. The molecule has 102 valence electrons. The van der Waals surface area contributed by atoms with Crippen LogP contribution >= 0.6 is 0 Å². The van der Waals surface area contributed by atoms with Crippen LogP contribution in [0, 0.1) is 17.6 Å². The van der Waals surface area contributed by atoms with Crippen molar-refractivity contribution in [1.29, 1.82) is 0 Å². The maximum Gasteiger partial charge on any atom is 0.200 e. The molecular weight excluding hydrogens is 236 g/mol. The van der Waals surface area contributed by atoms with Crippen LogP contribution in [0.15, 0.2) is 18.2 Å². The molecule has 1 rings (SSSR count). The van der Waals surface area contributed by atoms with Gasteiger partial charge in [-0.15, -0.1) is 0 Å². The van der Waals surface area contributed by atoms with Gasteiger partial charge in [-0.3, -0.25) is 0 Å². The summed E-state index contributed by atoms with van der Waals surface area (Å²) in [6, 6.07) is 3.98. The van der Waals surface area contributed by atoms with Gasteiger partial charge in [0.05, 0.1) is 0 Å². The summed E-state index contributed by atoms with van der Waals surface area (Å²) in [4.78, 5) is 0. The molecule has 0 spiro atoms. The Kier molecular flexibility index (Phi) is 6.05. The van der Waals surface area contributed by atoms with Crippen LogP contribution in [0.1, 0.15) is 27.2 Å². The third-order valence-electron chi connectivity index (χ3n) is 2.59. The minimum Gasteiger partial charge on any atom is -0.486 e. The number of halogens is 2. The minimum atomic E-state index is -0.917. The van der Waals surface area contributed by atoms with E-state index in [4.69, 9.17) is 4.74 Å². The first kappa shape index (κ1) is 14.9. The zero-order valence-corrected chi connectivity index (χ0v) is 11.2. The summed E-state index contributed by atoms with van der Waals surface area (Å²) in [6.07, 6.45) is 0.584. The lowest BCUT2D eigenvalue weighted by atomic mass is 10.2. The van der Waals surface area contributed by atoms with Gasteiger partial charge in [-0.05, 0) is 31.0 Å². The predicted molar refractivity (Wildman–Crippen MR) is 68.8 cm³/mol. The van der Waals surface area contributed by atoms with Crippen molar-refractivity contribution in [2.24, 2.45) is 5.92 Å². The van der Waals surface area contributed by atoms with Gasteiger partial charge in [-0.1, -0.05) is 26.8 Å². The van der Waals surface area contributed by atoms with Gasteiger partial charge in [0.2, 0.25) is 5.82 Å². The van der Waals surface area contributed by atoms with Crippen LogP contribution in [0.3, 0.4) is 0 Å². The zero-order chi connectivity index (χ0) is 13.5. The molecule has 1 N–H and O–H groups in total. The number of nitrogens with one attached hydrogen (secondary N) is 1. The van der Waals surface area contributed by atoms with E-state index >= 15 is 0 Å². The third kappa shape index (κ3) is 4.61. The summed E-state index contributed by atoms with van der Waals surface area (Å²) in [5.74, 6) is -1.26. The van der Waals surface area contributed by atoms with E-state index in [9.17, 15) is 8.78 Å². The molecule has 1 aromatic rings. The molecule has 0 saturated heterocycles. The van der Waals surface area contributed by atoms with Crippen molar-refractivity contribution in [3.8, 4) is 5.75 Å². The van der Waals surface area contributed by atoms with E-state index in [-0.39, 0.29) is 11.9 Å². The molecule has 0 aliphatic carbocycles. The summed E-state index contributed by atoms with van der Waals surface area (Å²) in [5.41, 5.74) is 0. The van der Waals surface area contributed by atoms with Crippen LogP contribution in [0.25, 0.3) is 0 Å². The zero-order valence-electron chi connectivity index (χ0n) is 11.2. The summed E-state index contributed by atoms with van der Waals surface area (Å²) in [5, 5.41) is 3.25. The fourth-order valence-corrected chi connectivity index (χ4v) is 1.56. The van der Waals surface area contributed by atoms with E-state index in [1.54, 1.807) is 0 Å². The predicted octanol–water partition coefficient (Wildman–Crippen LogP) is 3.37. The molecule has 0 aliphatic rings. The van der Waals surface area contributed by atoms with E-state index in [1.807, 2.05) is 6.92 Å². The second-order valence-corrected chi connectivity index (χ2v) is 4.75. The van der Waals surface area contributed by atoms with Gasteiger partial charge >= 0.3 is 0 Å². The number of rotatable bonds is 7. The first-order valence-electron chi connectivity index (χ1n) is 6.36. The average molecular weight is 257 g/mol. The number of hydrogen-bond donors (Lipinski definition) is 1. The van der Waals surface area contributed by atoms with Gasteiger partial charge < -0.3 is 10.1 Å². The molecule has 4 heteroatoms. The Morgan fingerprint density at radius 2 is 1.94 bits per heavy atom. The van der Waals surface area contributed by atoms with Crippen LogP contribution in [-0.4, -0.2) is 19.2 Å². The Hall–Kier alpha value is -1.16. The molecule has 1 aromatic carbocycles. The highest BCUT2D eigenvalue weighted by Crippen LogP contribution is 2.20. The monoisotopic (exact) mass is 257 g/mol. The molecule has 0 radical (unpaired) electrons. The van der Waals surface area contributed by atoms with Crippen LogP contribution in [0.2, 0.25) is 0 Å². The number of ether oxygens (including phenoxy) is 1. The van der Waals surface area contributed by atoms with Crippen molar-refractivity contribution < 1.29 is 13.5 Å². The molecule has 0 aliphatic heterocycles. The van der Waals surface area contributed by atoms with Crippen molar-refractivity contribution in [3.63, 3.8) is 0 Å². The molecule has 0 saturated carbocycles. The molecular formula is C14H21F2NO. The van der Waals surface area contributed by atoms with E-state index in [0.717, 1.165) is 19.0 Å². The fraction of sp³-hybridized carbons (Fsp3) is 0.571. The molecule has 0 bridgehead atoms. The average Bonchev–Trinajstić information content (AvgIpc) is 2.33. The Balaban J connectivity index is 2.54. The molecule has 18 heavy (non-hydrogen) atoms. The molecule has 0 aromatic heterocycles. The second kappa shape index (κ2) is 7.31. The smallest absolute Gasteiger partial charge is 0.200 e. The molecule has 0 heterocycles. The lowest BCUT2D eigenvalue weighted by molar-refractivity contribution is 0.182. The number of hydrogen-bond acceptors (Lipinski definition) is 2. The molecule has 1 atom stereocenters. The fourth-order valence-electron chi connectivity index (χ4n) is 1.56. The summed E-state index contributed by atoms with van der Waals surface area (Å²) in [7, 11) is 0. The van der Waals surface area contributed by atoms with Gasteiger partial charge in [0.1, 0.15) is 6.10 Å². The first-order chi connectivity index (χ1) is 8.54. The van der Waals surface area contributed by atoms with Gasteiger partial charge in [-0.2, -0.15) is 4.39 Å². The first-order valence-corrected chi connectivity index (χ1v) is 6.36. The second-order valence-electron chi connectivity index (χ2n) is 4.75. The van der Waals surface area contributed by atoms with Crippen LogP contribution < -0.4 is 10.1 Å². The van der Waals surface area contributed by atoms with E-state index in [1.165, 1.54) is 12.1 Å². The highest BCUT2D eigenvalue weighted by molar-refractivity contribution is 5.25. The van der Waals surface area contributed by atoms with Crippen molar-refractivity contribution in [2.75, 3.05) is 13.1 Å². The van der Waals surface area contributed by atoms with E-state index in [2.05, 4.69) is 19.2 Å². The highest BCUT2D eigenvalue weighted by Gasteiger charge is 2.13. The van der Waals surface area contributed by atoms with Crippen LogP contribution in [0.4, 0.5) is 8.78 Å². The lowest BCUT2D eigenvalue weighted by Crippen LogP contribution is -2.33. The maximum atomic E-state index is 13.4. The van der Waals surface area contributed by atoms with Gasteiger partial charge in [-0.25, -0.2) is 4.39 Å². The molecule has 1 unspecified atom stereocenters. The SMILES string of the molecule is CCC(CNCC(C)C)Oc1cccc(F)c1F.